The normalized spacial score (nSPS) is 22.4. The van der Waals surface area contributed by atoms with Gasteiger partial charge in [0, 0.05) is 18.6 Å². The van der Waals surface area contributed by atoms with Crippen LogP contribution in [-0.2, 0) is 4.79 Å². The average Bonchev–Trinajstić information content (AvgIpc) is 3.12. The minimum Gasteiger partial charge on any atom is -0.481 e. The highest BCUT2D eigenvalue weighted by molar-refractivity contribution is 5.81. The zero-order chi connectivity index (χ0) is 17.2. The number of amides is 1. The lowest BCUT2D eigenvalue weighted by molar-refractivity contribution is -0.140. The average molecular weight is 330 g/mol. The molecule has 4 heteroatoms. The molecule has 2 saturated heterocycles. The minimum absolute atomic E-state index is 0.110. The topological polar surface area (TPSA) is 32.8 Å². The van der Waals surface area contributed by atoms with Crippen LogP contribution in [0.5, 0.6) is 5.75 Å². The van der Waals surface area contributed by atoms with Gasteiger partial charge in [0.05, 0.1) is 0 Å². The Bertz CT molecular complexity index is 556. The molecule has 0 aromatic heterocycles. The van der Waals surface area contributed by atoms with Crippen LogP contribution in [0.2, 0.25) is 0 Å². The molecule has 4 nitrogen and oxygen atoms in total. The molecule has 1 atom stereocenters. The number of carbonyl (C=O) groups excluding carboxylic acids is 1. The molecule has 0 N–H and O–H groups in total. The smallest absolute Gasteiger partial charge is 0.263 e. The van der Waals surface area contributed by atoms with E-state index in [2.05, 4.69) is 11.8 Å². The van der Waals surface area contributed by atoms with Gasteiger partial charge in [-0.2, -0.15) is 0 Å². The molecule has 1 unspecified atom stereocenters. The summed E-state index contributed by atoms with van der Waals surface area (Å²) >= 11 is 0. The summed E-state index contributed by atoms with van der Waals surface area (Å²) in [5.41, 5.74) is 1.47. The number of piperidine rings is 1. The van der Waals surface area contributed by atoms with E-state index < -0.39 is 6.10 Å². The summed E-state index contributed by atoms with van der Waals surface area (Å²) in [5.74, 6) is 0.874. The number of likely N-dealkylation sites (tertiary alicyclic amines) is 2. The van der Waals surface area contributed by atoms with Crippen molar-refractivity contribution >= 4 is 5.91 Å². The fourth-order valence-corrected chi connectivity index (χ4v) is 3.91. The van der Waals surface area contributed by atoms with E-state index in [-0.39, 0.29) is 11.4 Å². The lowest BCUT2D eigenvalue weighted by Crippen LogP contribution is -2.55. The van der Waals surface area contributed by atoms with Crippen LogP contribution in [0.25, 0.3) is 0 Å². The maximum atomic E-state index is 12.7. The fraction of sp³-hybridized carbons (Fsp3) is 0.650. The molecule has 24 heavy (non-hydrogen) atoms. The minimum atomic E-state index is -0.427. The zero-order valence-electron chi connectivity index (χ0n) is 15.3. The summed E-state index contributed by atoms with van der Waals surface area (Å²) in [6.07, 6.45) is 4.34. The molecule has 2 aliphatic heterocycles. The van der Waals surface area contributed by atoms with Crippen LogP contribution in [0.1, 0.15) is 45.1 Å². The predicted molar refractivity (Wildman–Crippen MR) is 96.3 cm³/mol. The lowest BCUT2D eigenvalue weighted by atomic mass is 9.87. The number of benzene rings is 1. The van der Waals surface area contributed by atoms with Gasteiger partial charge < -0.3 is 9.64 Å². The Kier molecular flexibility index (Phi) is 5.14. The van der Waals surface area contributed by atoms with Crippen LogP contribution >= 0.6 is 0 Å². The third-order valence-corrected chi connectivity index (χ3v) is 5.70. The SMILES string of the molecule is Cc1ccc(OC(C)C(=O)N2CCC(C)(N3CCCC3)CC2)cc1. The van der Waals surface area contributed by atoms with Crippen LogP contribution in [-0.4, -0.2) is 53.5 Å². The quantitative estimate of drug-likeness (QED) is 0.850. The van der Waals surface area contributed by atoms with Crippen molar-refractivity contribution in [1.29, 1.82) is 0 Å². The molecule has 0 bridgehead atoms. The second-order valence-corrected chi connectivity index (χ2v) is 7.59. The summed E-state index contributed by atoms with van der Waals surface area (Å²) in [7, 11) is 0. The highest BCUT2D eigenvalue weighted by Crippen LogP contribution is 2.31. The van der Waals surface area contributed by atoms with Gasteiger partial charge in [-0.1, -0.05) is 17.7 Å². The standard InChI is InChI=1S/C20H30N2O2/c1-16-6-8-18(9-7-16)24-17(2)19(23)21-14-10-20(3,11-15-21)22-12-4-5-13-22/h6-9,17H,4-5,10-15H2,1-3H3. The Balaban J connectivity index is 1.53. The van der Waals surface area contributed by atoms with Crippen molar-refractivity contribution in [3.63, 3.8) is 0 Å². The van der Waals surface area contributed by atoms with Gasteiger partial charge in [-0.3, -0.25) is 9.69 Å². The van der Waals surface area contributed by atoms with Crippen molar-refractivity contribution < 1.29 is 9.53 Å². The van der Waals surface area contributed by atoms with Crippen LogP contribution in [0.4, 0.5) is 0 Å². The molecular weight excluding hydrogens is 300 g/mol. The first-order valence-corrected chi connectivity index (χ1v) is 9.25. The Morgan fingerprint density at radius 3 is 2.25 bits per heavy atom. The third kappa shape index (κ3) is 3.75. The van der Waals surface area contributed by atoms with E-state index in [9.17, 15) is 4.79 Å². The number of nitrogens with zero attached hydrogens (tertiary/aromatic N) is 2. The fourth-order valence-electron chi connectivity index (χ4n) is 3.91. The molecule has 0 spiro atoms. The molecule has 0 radical (unpaired) electrons. The first-order valence-electron chi connectivity index (χ1n) is 9.25. The molecule has 1 aromatic carbocycles. The summed E-state index contributed by atoms with van der Waals surface area (Å²) in [4.78, 5) is 17.3. The monoisotopic (exact) mass is 330 g/mol. The van der Waals surface area contributed by atoms with Crippen LogP contribution in [0.3, 0.4) is 0 Å². The first kappa shape index (κ1) is 17.3. The number of aryl methyl sites for hydroxylation is 1. The molecule has 0 aliphatic carbocycles. The summed E-state index contributed by atoms with van der Waals surface area (Å²) < 4.78 is 5.83. The van der Waals surface area contributed by atoms with Crippen molar-refractivity contribution in [1.82, 2.24) is 9.80 Å². The van der Waals surface area contributed by atoms with E-state index in [0.717, 1.165) is 31.7 Å². The van der Waals surface area contributed by atoms with Gasteiger partial charge >= 0.3 is 0 Å². The number of rotatable bonds is 4. The van der Waals surface area contributed by atoms with Crippen molar-refractivity contribution in [3.8, 4) is 5.75 Å². The maximum absolute atomic E-state index is 12.7. The van der Waals surface area contributed by atoms with Gasteiger partial charge in [-0.05, 0) is 71.7 Å². The zero-order valence-corrected chi connectivity index (χ0v) is 15.3. The van der Waals surface area contributed by atoms with Crippen molar-refractivity contribution in [2.24, 2.45) is 0 Å². The van der Waals surface area contributed by atoms with E-state index in [1.165, 1.54) is 31.5 Å². The Labute approximate surface area is 145 Å². The molecule has 1 aromatic rings. The summed E-state index contributed by atoms with van der Waals surface area (Å²) in [6, 6.07) is 7.88. The number of hydrogen-bond donors (Lipinski definition) is 0. The molecule has 2 heterocycles. The van der Waals surface area contributed by atoms with Crippen molar-refractivity contribution in [2.45, 2.75) is 58.1 Å². The molecular formula is C20H30N2O2. The molecule has 0 saturated carbocycles. The summed E-state index contributed by atoms with van der Waals surface area (Å²) in [6.45, 7) is 10.4. The van der Waals surface area contributed by atoms with E-state index in [1.807, 2.05) is 43.0 Å². The predicted octanol–water partition coefficient (Wildman–Crippen LogP) is 3.24. The van der Waals surface area contributed by atoms with E-state index >= 15 is 0 Å². The van der Waals surface area contributed by atoms with Crippen LogP contribution in [0.15, 0.2) is 24.3 Å². The van der Waals surface area contributed by atoms with Crippen molar-refractivity contribution in [2.75, 3.05) is 26.2 Å². The van der Waals surface area contributed by atoms with Crippen LogP contribution < -0.4 is 4.74 Å². The number of hydrogen-bond acceptors (Lipinski definition) is 3. The van der Waals surface area contributed by atoms with E-state index in [4.69, 9.17) is 4.74 Å². The Morgan fingerprint density at radius 2 is 1.67 bits per heavy atom. The van der Waals surface area contributed by atoms with Gasteiger partial charge in [0.15, 0.2) is 6.10 Å². The third-order valence-electron chi connectivity index (χ3n) is 5.70. The Hall–Kier alpha value is -1.55. The van der Waals surface area contributed by atoms with E-state index in [1.54, 1.807) is 0 Å². The second-order valence-electron chi connectivity index (χ2n) is 7.59. The molecule has 132 valence electrons. The maximum Gasteiger partial charge on any atom is 0.263 e. The number of ether oxygens (including phenoxy) is 1. The molecule has 3 rings (SSSR count). The van der Waals surface area contributed by atoms with Gasteiger partial charge in [0.25, 0.3) is 5.91 Å². The largest absolute Gasteiger partial charge is 0.481 e. The van der Waals surface area contributed by atoms with Gasteiger partial charge in [0.1, 0.15) is 5.75 Å². The second kappa shape index (κ2) is 7.14. The molecule has 2 fully saturated rings. The Morgan fingerprint density at radius 1 is 1.08 bits per heavy atom. The highest BCUT2D eigenvalue weighted by atomic mass is 16.5. The first-order chi connectivity index (χ1) is 11.5. The van der Waals surface area contributed by atoms with E-state index in [0.29, 0.717) is 0 Å². The molecule has 2 aliphatic rings. The van der Waals surface area contributed by atoms with Crippen LogP contribution in [0, 0.1) is 6.92 Å². The van der Waals surface area contributed by atoms with Gasteiger partial charge in [-0.15, -0.1) is 0 Å². The number of carbonyl (C=O) groups is 1. The lowest BCUT2D eigenvalue weighted by Gasteiger charge is -2.45. The van der Waals surface area contributed by atoms with Crippen molar-refractivity contribution in [3.05, 3.63) is 29.8 Å². The highest BCUT2D eigenvalue weighted by Gasteiger charge is 2.38. The van der Waals surface area contributed by atoms with Gasteiger partial charge in [-0.25, -0.2) is 0 Å². The van der Waals surface area contributed by atoms with Gasteiger partial charge in [0.2, 0.25) is 0 Å². The molecule has 1 amide bonds. The summed E-state index contributed by atoms with van der Waals surface area (Å²) in [5, 5.41) is 0.